The fourth-order valence-electron chi connectivity index (χ4n) is 0.891. The second-order valence-electron chi connectivity index (χ2n) is 2.74. The van der Waals surface area contributed by atoms with Gasteiger partial charge in [-0.2, -0.15) is 0 Å². The van der Waals surface area contributed by atoms with Gasteiger partial charge in [-0.25, -0.2) is 0 Å². The van der Waals surface area contributed by atoms with E-state index < -0.39 is 0 Å². The Morgan fingerprint density at radius 2 is 2.00 bits per heavy atom. The number of hydrogen-bond donors (Lipinski definition) is 0. The molecule has 0 aliphatic rings. The van der Waals surface area contributed by atoms with Gasteiger partial charge in [0, 0.05) is 0 Å². The largest absolute Gasteiger partial charge is 0.464 e. The Kier molecular flexibility index (Phi) is 3.39. The third-order valence-corrected chi connectivity index (χ3v) is 2.07. The monoisotopic (exact) mass is 265 g/mol. The molecule has 0 atom stereocenters. The minimum atomic E-state index is 0.886. The van der Waals surface area contributed by atoms with Crippen LogP contribution in [0.25, 0.3) is 0 Å². The standard InChI is InChI=1S/C8H12INO/c1-10(2)6-8-4-3-7(5-9)11-8/h3-4H,5-6H2,1-2H3. The Morgan fingerprint density at radius 3 is 2.45 bits per heavy atom. The highest BCUT2D eigenvalue weighted by molar-refractivity contribution is 14.1. The van der Waals surface area contributed by atoms with E-state index in [-0.39, 0.29) is 0 Å². The molecule has 62 valence electrons. The summed E-state index contributed by atoms with van der Waals surface area (Å²) in [5, 5.41) is 0. The molecule has 0 amide bonds. The summed E-state index contributed by atoms with van der Waals surface area (Å²) in [5.74, 6) is 2.10. The molecule has 2 nitrogen and oxygen atoms in total. The zero-order chi connectivity index (χ0) is 8.27. The van der Waals surface area contributed by atoms with E-state index in [9.17, 15) is 0 Å². The van der Waals surface area contributed by atoms with E-state index in [1.54, 1.807) is 0 Å². The zero-order valence-corrected chi connectivity index (χ0v) is 8.96. The van der Waals surface area contributed by atoms with Crippen LogP contribution in [0.5, 0.6) is 0 Å². The maximum absolute atomic E-state index is 5.49. The summed E-state index contributed by atoms with van der Waals surface area (Å²) in [4.78, 5) is 2.09. The molecule has 0 spiro atoms. The Morgan fingerprint density at radius 1 is 1.36 bits per heavy atom. The molecule has 0 aliphatic heterocycles. The van der Waals surface area contributed by atoms with Crippen molar-refractivity contribution in [3.63, 3.8) is 0 Å². The van der Waals surface area contributed by atoms with Crippen molar-refractivity contribution in [1.29, 1.82) is 0 Å². The lowest BCUT2D eigenvalue weighted by Gasteiger charge is -2.05. The van der Waals surface area contributed by atoms with E-state index in [2.05, 4.69) is 27.5 Å². The van der Waals surface area contributed by atoms with Crippen LogP contribution in [0.2, 0.25) is 0 Å². The van der Waals surface area contributed by atoms with Gasteiger partial charge in [0.15, 0.2) is 0 Å². The normalized spacial score (nSPS) is 10.9. The number of rotatable bonds is 3. The summed E-state index contributed by atoms with van der Waals surface area (Å²) in [6.07, 6.45) is 0. The van der Waals surface area contributed by atoms with Gasteiger partial charge in [-0.15, -0.1) is 0 Å². The van der Waals surface area contributed by atoms with Crippen molar-refractivity contribution in [2.75, 3.05) is 14.1 Å². The van der Waals surface area contributed by atoms with Crippen LogP contribution in [-0.2, 0) is 11.0 Å². The van der Waals surface area contributed by atoms with Crippen LogP contribution in [0.4, 0.5) is 0 Å². The molecule has 0 saturated carbocycles. The van der Waals surface area contributed by atoms with Gasteiger partial charge in [-0.1, -0.05) is 22.6 Å². The highest BCUT2D eigenvalue weighted by Crippen LogP contribution is 2.12. The fourth-order valence-corrected chi connectivity index (χ4v) is 1.30. The lowest BCUT2D eigenvalue weighted by molar-refractivity contribution is 0.345. The first-order valence-electron chi connectivity index (χ1n) is 3.50. The summed E-state index contributed by atoms with van der Waals surface area (Å²) in [6.45, 7) is 0.886. The molecule has 11 heavy (non-hydrogen) atoms. The number of halogens is 1. The third kappa shape index (κ3) is 2.83. The maximum atomic E-state index is 5.49. The van der Waals surface area contributed by atoms with E-state index in [4.69, 9.17) is 4.42 Å². The summed E-state index contributed by atoms with van der Waals surface area (Å²) >= 11 is 2.29. The van der Waals surface area contributed by atoms with Crippen molar-refractivity contribution >= 4 is 22.6 Å². The van der Waals surface area contributed by atoms with E-state index >= 15 is 0 Å². The summed E-state index contributed by atoms with van der Waals surface area (Å²) in [6, 6.07) is 4.07. The molecule has 0 aliphatic carbocycles. The molecular formula is C8H12INO. The predicted molar refractivity (Wildman–Crippen MR) is 53.8 cm³/mol. The smallest absolute Gasteiger partial charge is 0.118 e. The van der Waals surface area contributed by atoms with Crippen molar-refractivity contribution in [3.05, 3.63) is 23.7 Å². The Hall–Kier alpha value is -0.0300. The molecular weight excluding hydrogens is 253 g/mol. The van der Waals surface area contributed by atoms with Crippen LogP contribution in [-0.4, -0.2) is 19.0 Å². The molecule has 0 bridgehead atoms. The zero-order valence-electron chi connectivity index (χ0n) is 6.80. The van der Waals surface area contributed by atoms with E-state index in [1.165, 1.54) is 0 Å². The number of hydrogen-bond acceptors (Lipinski definition) is 2. The van der Waals surface area contributed by atoms with Gasteiger partial charge >= 0.3 is 0 Å². The van der Waals surface area contributed by atoms with E-state index in [1.807, 2.05) is 26.2 Å². The van der Waals surface area contributed by atoms with Crippen LogP contribution in [0.1, 0.15) is 11.5 Å². The Bertz CT molecular complexity index is 220. The number of alkyl halides is 1. The minimum absolute atomic E-state index is 0.886. The maximum Gasteiger partial charge on any atom is 0.118 e. The van der Waals surface area contributed by atoms with Crippen LogP contribution in [0.15, 0.2) is 16.5 Å². The summed E-state index contributed by atoms with van der Waals surface area (Å²) in [7, 11) is 4.07. The first kappa shape index (κ1) is 9.06. The second-order valence-corrected chi connectivity index (χ2v) is 3.50. The van der Waals surface area contributed by atoms with Gasteiger partial charge in [0.25, 0.3) is 0 Å². The predicted octanol–water partition coefficient (Wildman–Crippen LogP) is 2.28. The highest BCUT2D eigenvalue weighted by Gasteiger charge is 2.00. The van der Waals surface area contributed by atoms with E-state index in [0.717, 1.165) is 22.5 Å². The summed E-state index contributed by atoms with van der Waals surface area (Å²) < 4.78 is 6.44. The lowest BCUT2D eigenvalue weighted by atomic mass is 10.4. The number of furan rings is 1. The lowest BCUT2D eigenvalue weighted by Crippen LogP contribution is -2.09. The van der Waals surface area contributed by atoms with Crippen LogP contribution in [0, 0.1) is 0 Å². The second kappa shape index (κ2) is 4.11. The van der Waals surface area contributed by atoms with Crippen molar-refractivity contribution in [2.45, 2.75) is 11.0 Å². The molecule has 0 fully saturated rings. The van der Waals surface area contributed by atoms with Gasteiger partial charge < -0.3 is 9.32 Å². The van der Waals surface area contributed by atoms with Crippen LogP contribution < -0.4 is 0 Å². The van der Waals surface area contributed by atoms with Crippen molar-refractivity contribution in [2.24, 2.45) is 0 Å². The van der Waals surface area contributed by atoms with E-state index in [0.29, 0.717) is 0 Å². The fraction of sp³-hybridized carbons (Fsp3) is 0.500. The SMILES string of the molecule is CN(C)Cc1ccc(CI)o1. The molecule has 1 rings (SSSR count). The van der Waals surface area contributed by atoms with Crippen LogP contribution >= 0.6 is 22.6 Å². The molecule has 3 heteroatoms. The molecule has 0 N–H and O–H groups in total. The topological polar surface area (TPSA) is 16.4 Å². The first-order chi connectivity index (χ1) is 5.22. The van der Waals surface area contributed by atoms with Crippen LogP contribution in [0.3, 0.4) is 0 Å². The van der Waals surface area contributed by atoms with Gasteiger partial charge in [-0.3, -0.25) is 0 Å². The third-order valence-electron chi connectivity index (χ3n) is 1.32. The minimum Gasteiger partial charge on any atom is -0.464 e. The molecule has 0 radical (unpaired) electrons. The van der Waals surface area contributed by atoms with Gasteiger partial charge in [0.2, 0.25) is 0 Å². The average molecular weight is 265 g/mol. The van der Waals surface area contributed by atoms with Gasteiger partial charge in [0.1, 0.15) is 11.5 Å². The Labute approximate surface area is 80.7 Å². The molecule has 0 saturated heterocycles. The molecule has 0 unspecified atom stereocenters. The van der Waals surface area contributed by atoms with Crippen molar-refractivity contribution in [1.82, 2.24) is 4.90 Å². The van der Waals surface area contributed by atoms with Gasteiger partial charge in [0.05, 0.1) is 11.0 Å². The molecule has 1 aromatic heterocycles. The Balaban J connectivity index is 2.58. The number of nitrogens with zero attached hydrogens (tertiary/aromatic N) is 1. The highest BCUT2D eigenvalue weighted by atomic mass is 127. The van der Waals surface area contributed by atoms with Crippen molar-refractivity contribution < 1.29 is 4.42 Å². The van der Waals surface area contributed by atoms with Crippen molar-refractivity contribution in [3.8, 4) is 0 Å². The summed E-state index contributed by atoms with van der Waals surface area (Å²) in [5.41, 5.74) is 0. The quantitative estimate of drug-likeness (QED) is 0.615. The average Bonchev–Trinajstić information content (AvgIpc) is 2.34. The van der Waals surface area contributed by atoms with Gasteiger partial charge in [-0.05, 0) is 26.2 Å². The molecule has 0 aromatic carbocycles. The molecule has 1 heterocycles. The molecule has 1 aromatic rings. The first-order valence-corrected chi connectivity index (χ1v) is 5.03.